The predicted molar refractivity (Wildman–Crippen MR) is 92.9 cm³/mol. The highest BCUT2D eigenvalue weighted by molar-refractivity contribution is 5.54. The predicted octanol–water partition coefficient (Wildman–Crippen LogP) is 4.37. The number of anilines is 1. The van der Waals surface area contributed by atoms with Crippen molar-refractivity contribution in [1.29, 1.82) is 0 Å². The zero-order chi connectivity index (χ0) is 15.4. The Morgan fingerprint density at radius 1 is 1.14 bits per heavy atom. The highest BCUT2D eigenvalue weighted by Crippen LogP contribution is 2.29. The Kier molecular flexibility index (Phi) is 5.69. The molecule has 118 valence electrons. The van der Waals surface area contributed by atoms with E-state index in [0.29, 0.717) is 6.04 Å². The molecule has 21 heavy (non-hydrogen) atoms. The lowest BCUT2D eigenvalue weighted by Crippen LogP contribution is -2.35. The first-order valence-electron chi connectivity index (χ1n) is 8.55. The number of nitrogens with zero attached hydrogens (tertiary/aromatic N) is 1. The topological polar surface area (TPSA) is 15.3 Å². The van der Waals surface area contributed by atoms with Crippen LogP contribution in [0.2, 0.25) is 0 Å². The van der Waals surface area contributed by atoms with Crippen molar-refractivity contribution in [3.63, 3.8) is 0 Å². The van der Waals surface area contributed by atoms with Crippen molar-refractivity contribution >= 4 is 5.69 Å². The molecule has 0 amide bonds. The van der Waals surface area contributed by atoms with Crippen molar-refractivity contribution in [2.24, 2.45) is 11.8 Å². The second-order valence-electron chi connectivity index (χ2n) is 7.22. The van der Waals surface area contributed by atoms with Crippen LogP contribution in [0.1, 0.15) is 51.7 Å². The lowest BCUT2D eigenvalue weighted by molar-refractivity contribution is 0.311. The van der Waals surface area contributed by atoms with Gasteiger partial charge in [-0.2, -0.15) is 0 Å². The van der Waals surface area contributed by atoms with Crippen molar-refractivity contribution < 1.29 is 0 Å². The highest BCUT2D eigenvalue weighted by Gasteiger charge is 2.22. The summed E-state index contributed by atoms with van der Waals surface area (Å²) >= 11 is 0. The Morgan fingerprint density at radius 3 is 2.33 bits per heavy atom. The van der Waals surface area contributed by atoms with Gasteiger partial charge in [0.25, 0.3) is 0 Å². The standard InChI is InChI=1S/C19H32N2/c1-14(2)18-8-10-21(11-9-18)19-7-6-17(12-16(19)5)13-20-15(3)4/h6-7,12,14-15,18,20H,8-11,13H2,1-5H3. The van der Waals surface area contributed by atoms with Crippen molar-refractivity contribution in [3.05, 3.63) is 29.3 Å². The molecule has 0 radical (unpaired) electrons. The zero-order valence-corrected chi connectivity index (χ0v) is 14.4. The van der Waals surface area contributed by atoms with E-state index in [4.69, 9.17) is 0 Å². The number of hydrogen-bond donors (Lipinski definition) is 1. The molecule has 1 aromatic rings. The molecule has 0 unspecified atom stereocenters. The third kappa shape index (κ3) is 4.47. The Morgan fingerprint density at radius 2 is 1.81 bits per heavy atom. The normalized spacial score (nSPS) is 17.0. The number of benzene rings is 1. The maximum Gasteiger partial charge on any atom is 0.0396 e. The largest absolute Gasteiger partial charge is 0.371 e. The van der Waals surface area contributed by atoms with Crippen LogP contribution in [0.25, 0.3) is 0 Å². The molecule has 0 atom stereocenters. The molecule has 1 saturated heterocycles. The summed E-state index contributed by atoms with van der Waals surface area (Å²) < 4.78 is 0. The second-order valence-corrected chi connectivity index (χ2v) is 7.22. The molecule has 1 aromatic carbocycles. The minimum atomic E-state index is 0.542. The minimum Gasteiger partial charge on any atom is -0.371 e. The van der Waals surface area contributed by atoms with Crippen molar-refractivity contribution in [1.82, 2.24) is 5.32 Å². The van der Waals surface area contributed by atoms with Gasteiger partial charge < -0.3 is 10.2 Å². The number of nitrogens with one attached hydrogen (secondary N) is 1. The third-order valence-corrected chi connectivity index (χ3v) is 4.80. The van der Waals surface area contributed by atoms with E-state index < -0.39 is 0 Å². The fourth-order valence-electron chi connectivity index (χ4n) is 3.31. The van der Waals surface area contributed by atoms with Crippen LogP contribution in [-0.2, 0) is 6.54 Å². The molecule has 1 fully saturated rings. The molecule has 2 rings (SSSR count). The maximum atomic E-state index is 3.49. The van der Waals surface area contributed by atoms with E-state index in [1.165, 1.54) is 42.7 Å². The summed E-state index contributed by atoms with van der Waals surface area (Å²) in [5.74, 6) is 1.74. The molecule has 0 aliphatic carbocycles. The van der Waals surface area contributed by atoms with Gasteiger partial charge in [-0.3, -0.25) is 0 Å². The van der Waals surface area contributed by atoms with Gasteiger partial charge in [0.05, 0.1) is 0 Å². The lowest BCUT2D eigenvalue weighted by Gasteiger charge is -2.36. The monoisotopic (exact) mass is 288 g/mol. The summed E-state index contributed by atoms with van der Waals surface area (Å²) in [4.78, 5) is 2.58. The number of rotatable bonds is 5. The van der Waals surface area contributed by atoms with Gasteiger partial charge in [-0.15, -0.1) is 0 Å². The van der Waals surface area contributed by atoms with Gasteiger partial charge in [0, 0.05) is 31.4 Å². The summed E-state index contributed by atoms with van der Waals surface area (Å²) in [6.45, 7) is 14.8. The first-order valence-corrected chi connectivity index (χ1v) is 8.55. The zero-order valence-electron chi connectivity index (χ0n) is 14.4. The fourth-order valence-corrected chi connectivity index (χ4v) is 3.31. The number of hydrogen-bond acceptors (Lipinski definition) is 2. The average molecular weight is 288 g/mol. The average Bonchev–Trinajstić information content (AvgIpc) is 2.45. The van der Waals surface area contributed by atoms with Crippen LogP contribution >= 0.6 is 0 Å². The van der Waals surface area contributed by atoms with Gasteiger partial charge in [-0.25, -0.2) is 0 Å². The molecule has 1 N–H and O–H groups in total. The van der Waals surface area contributed by atoms with Crippen LogP contribution in [0.5, 0.6) is 0 Å². The van der Waals surface area contributed by atoms with Crippen LogP contribution in [0.3, 0.4) is 0 Å². The van der Waals surface area contributed by atoms with Crippen LogP contribution in [0.15, 0.2) is 18.2 Å². The lowest BCUT2D eigenvalue weighted by atomic mass is 9.86. The molecule has 2 heteroatoms. The Labute approximate surface area is 130 Å². The summed E-state index contributed by atoms with van der Waals surface area (Å²) in [5.41, 5.74) is 4.24. The smallest absolute Gasteiger partial charge is 0.0396 e. The van der Waals surface area contributed by atoms with Gasteiger partial charge in [-0.05, 0) is 48.8 Å². The summed E-state index contributed by atoms with van der Waals surface area (Å²) in [7, 11) is 0. The molecule has 0 saturated carbocycles. The summed E-state index contributed by atoms with van der Waals surface area (Å²) in [6.07, 6.45) is 2.68. The number of piperidine rings is 1. The molecule has 0 aromatic heterocycles. The van der Waals surface area contributed by atoms with E-state index in [2.05, 4.69) is 63.0 Å². The molecule has 2 nitrogen and oxygen atoms in total. The molecule has 1 aliphatic rings. The van der Waals surface area contributed by atoms with Crippen molar-refractivity contribution in [2.45, 2.75) is 60.0 Å². The maximum absolute atomic E-state index is 3.49. The highest BCUT2D eigenvalue weighted by atomic mass is 15.1. The van der Waals surface area contributed by atoms with E-state index >= 15 is 0 Å². The van der Waals surface area contributed by atoms with Gasteiger partial charge >= 0.3 is 0 Å². The van der Waals surface area contributed by atoms with E-state index in [-0.39, 0.29) is 0 Å². The Hall–Kier alpha value is -1.02. The van der Waals surface area contributed by atoms with Crippen LogP contribution in [0, 0.1) is 18.8 Å². The van der Waals surface area contributed by atoms with Gasteiger partial charge in [0.15, 0.2) is 0 Å². The summed E-state index contributed by atoms with van der Waals surface area (Å²) in [6, 6.07) is 7.49. The first-order chi connectivity index (χ1) is 9.97. The van der Waals surface area contributed by atoms with Gasteiger partial charge in [-0.1, -0.05) is 39.8 Å². The van der Waals surface area contributed by atoms with E-state index in [0.717, 1.165) is 18.4 Å². The Balaban J connectivity index is 1.98. The van der Waals surface area contributed by atoms with Gasteiger partial charge in [0.2, 0.25) is 0 Å². The van der Waals surface area contributed by atoms with Crippen LogP contribution in [-0.4, -0.2) is 19.1 Å². The van der Waals surface area contributed by atoms with Crippen molar-refractivity contribution in [3.8, 4) is 0 Å². The van der Waals surface area contributed by atoms with E-state index in [1.54, 1.807) is 0 Å². The molecule has 0 spiro atoms. The molecule has 0 bridgehead atoms. The third-order valence-electron chi connectivity index (χ3n) is 4.80. The first kappa shape index (κ1) is 16.4. The fraction of sp³-hybridized carbons (Fsp3) is 0.684. The quantitative estimate of drug-likeness (QED) is 0.865. The Bertz CT molecular complexity index is 443. The van der Waals surface area contributed by atoms with Crippen LogP contribution in [0.4, 0.5) is 5.69 Å². The molecule has 1 aliphatic heterocycles. The number of aryl methyl sites for hydroxylation is 1. The van der Waals surface area contributed by atoms with Crippen molar-refractivity contribution in [2.75, 3.05) is 18.0 Å². The summed E-state index contributed by atoms with van der Waals surface area (Å²) in [5, 5.41) is 3.49. The minimum absolute atomic E-state index is 0.542. The second kappa shape index (κ2) is 7.31. The molecular formula is C19H32N2. The van der Waals surface area contributed by atoms with Crippen LogP contribution < -0.4 is 10.2 Å². The SMILES string of the molecule is Cc1cc(CNC(C)C)ccc1N1CCC(C(C)C)CC1. The van der Waals surface area contributed by atoms with E-state index in [1.807, 2.05) is 0 Å². The van der Waals surface area contributed by atoms with Gasteiger partial charge in [0.1, 0.15) is 0 Å². The molecular weight excluding hydrogens is 256 g/mol. The van der Waals surface area contributed by atoms with E-state index in [9.17, 15) is 0 Å². The molecule has 1 heterocycles.